The molecule has 2 atom stereocenters. The predicted octanol–water partition coefficient (Wildman–Crippen LogP) is 10.7. The van der Waals surface area contributed by atoms with Crippen molar-refractivity contribution in [1.29, 1.82) is 0 Å². The van der Waals surface area contributed by atoms with Crippen LogP contribution in [-0.2, 0) is 4.74 Å². The molecule has 0 bridgehead atoms. The van der Waals surface area contributed by atoms with E-state index in [0.29, 0.717) is 5.90 Å². The first-order valence-electron chi connectivity index (χ1n) is 15.7. The van der Waals surface area contributed by atoms with Crippen molar-refractivity contribution >= 4 is 43.8 Å². The molecule has 214 valence electrons. The van der Waals surface area contributed by atoms with Crippen LogP contribution in [0.5, 0.6) is 0 Å². The minimum atomic E-state index is -0.111. The SMILES string of the molecule is Cc1ccccc1-c1ccc2ccc3c(-c4ccccc4C)cc(C4=NC5C=C(c6ccccc6)C=CC5O4)c4ccc1c2c43. The maximum Gasteiger partial charge on any atom is 0.218 e. The van der Waals surface area contributed by atoms with Gasteiger partial charge in [-0.1, -0.05) is 121 Å². The molecule has 9 rings (SSSR count). The van der Waals surface area contributed by atoms with Gasteiger partial charge >= 0.3 is 0 Å². The molecule has 0 radical (unpaired) electrons. The minimum absolute atomic E-state index is 0.0617. The number of aryl methyl sites for hydroxylation is 2. The summed E-state index contributed by atoms with van der Waals surface area (Å²) < 4.78 is 6.67. The van der Waals surface area contributed by atoms with E-state index >= 15 is 0 Å². The molecule has 1 heterocycles. The van der Waals surface area contributed by atoms with Gasteiger partial charge in [0.05, 0.1) is 0 Å². The lowest BCUT2D eigenvalue weighted by atomic mass is 9.84. The standard InChI is InChI=1S/C43H31NO/c1-26-10-6-8-14-31(26)33-19-16-29-17-20-35-37(32-15-9-7-11-27(32)2)25-38(36-22-21-34(33)41(29)42(35)36)43-44-39-24-30(18-23-40(39)45-43)28-12-4-3-5-13-28/h3-25,39-40H,1-2H3. The molecule has 0 saturated carbocycles. The molecule has 7 aromatic carbocycles. The zero-order valence-corrected chi connectivity index (χ0v) is 25.3. The van der Waals surface area contributed by atoms with Crippen molar-refractivity contribution in [3.05, 3.63) is 162 Å². The van der Waals surface area contributed by atoms with E-state index in [1.807, 2.05) is 0 Å². The van der Waals surface area contributed by atoms with Gasteiger partial charge in [-0.2, -0.15) is 0 Å². The second-order valence-electron chi connectivity index (χ2n) is 12.3. The highest BCUT2D eigenvalue weighted by molar-refractivity contribution is 6.30. The van der Waals surface area contributed by atoms with Crippen molar-refractivity contribution in [2.24, 2.45) is 4.99 Å². The fourth-order valence-electron chi connectivity index (χ4n) is 7.40. The molecule has 2 heteroatoms. The van der Waals surface area contributed by atoms with Crippen molar-refractivity contribution in [2.45, 2.75) is 26.0 Å². The van der Waals surface area contributed by atoms with Crippen LogP contribution in [0.4, 0.5) is 0 Å². The first-order chi connectivity index (χ1) is 22.1. The van der Waals surface area contributed by atoms with Crippen LogP contribution < -0.4 is 0 Å². The normalized spacial score (nSPS) is 17.5. The van der Waals surface area contributed by atoms with E-state index < -0.39 is 0 Å². The molecule has 2 nitrogen and oxygen atoms in total. The van der Waals surface area contributed by atoms with E-state index in [2.05, 4.69) is 153 Å². The maximum atomic E-state index is 6.67. The quantitative estimate of drug-likeness (QED) is 0.191. The summed E-state index contributed by atoms with van der Waals surface area (Å²) in [4.78, 5) is 5.24. The van der Waals surface area contributed by atoms with Gasteiger partial charge in [0.1, 0.15) is 12.1 Å². The third-order valence-electron chi connectivity index (χ3n) is 9.66. The smallest absolute Gasteiger partial charge is 0.218 e. The summed E-state index contributed by atoms with van der Waals surface area (Å²) in [5.74, 6) is 0.715. The second kappa shape index (κ2) is 10.0. The summed E-state index contributed by atoms with van der Waals surface area (Å²) in [6, 6.07) is 43.9. The fraction of sp³-hybridized carbons (Fsp3) is 0.0930. The first-order valence-corrected chi connectivity index (χ1v) is 15.7. The minimum Gasteiger partial charge on any atom is -0.467 e. The largest absolute Gasteiger partial charge is 0.467 e. The molecule has 7 aromatic rings. The molecule has 0 aromatic heterocycles. The Kier molecular flexibility index (Phi) is 5.79. The number of hydrogen-bond donors (Lipinski definition) is 0. The summed E-state index contributed by atoms with van der Waals surface area (Å²) in [5, 5.41) is 7.52. The highest BCUT2D eigenvalue weighted by Crippen LogP contribution is 2.45. The second-order valence-corrected chi connectivity index (χ2v) is 12.3. The highest BCUT2D eigenvalue weighted by Gasteiger charge is 2.32. The number of aliphatic imine (C=N–C) groups is 1. The zero-order valence-electron chi connectivity index (χ0n) is 25.3. The van der Waals surface area contributed by atoms with Gasteiger partial charge < -0.3 is 4.74 Å². The van der Waals surface area contributed by atoms with Crippen LogP contribution in [0.3, 0.4) is 0 Å². The fourth-order valence-corrected chi connectivity index (χ4v) is 7.40. The summed E-state index contributed by atoms with van der Waals surface area (Å²) in [5.41, 5.74) is 10.9. The Morgan fingerprint density at radius 2 is 1.18 bits per heavy atom. The van der Waals surface area contributed by atoms with Crippen LogP contribution >= 0.6 is 0 Å². The first kappa shape index (κ1) is 26.0. The van der Waals surface area contributed by atoms with Gasteiger partial charge in [-0.05, 0) is 109 Å². The van der Waals surface area contributed by atoms with Gasteiger partial charge in [0, 0.05) is 5.56 Å². The molecule has 2 unspecified atom stereocenters. The molecule has 1 aliphatic carbocycles. The number of rotatable bonds is 4. The molecule has 0 fully saturated rings. The van der Waals surface area contributed by atoms with Crippen LogP contribution in [0.15, 0.2) is 145 Å². The molecule has 0 N–H and O–H groups in total. The van der Waals surface area contributed by atoms with Gasteiger partial charge in [-0.15, -0.1) is 0 Å². The Bertz CT molecular complexity index is 2380. The lowest BCUT2D eigenvalue weighted by Crippen LogP contribution is -2.20. The van der Waals surface area contributed by atoms with E-state index in [0.717, 1.165) is 5.56 Å². The van der Waals surface area contributed by atoms with Gasteiger partial charge in [0.15, 0.2) is 0 Å². The van der Waals surface area contributed by atoms with Crippen molar-refractivity contribution in [3.8, 4) is 22.3 Å². The summed E-state index contributed by atoms with van der Waals surface area (Å²) in [6.07, 6.45) is 6.47. The maximum absolute atomic E-state index is 6.67. The number of nitrogens with zero attached hydrogens (tertiary/aromatic N) is 1. The van der Waals surface area contributed by atoms with Crippen molar-refractivity contribution in [1.82, 2.24) is 0 Å². The average Bonchev–Trinajstić information content (AvgIpc) is 3.51. The topological polar surface area (TPSA) is 21.6 Å². The number of fused-ring (bicyclic) bond motifs is 1. The van der Waals surface area contributed by atoms with Crippen molar-refractivity contribution in [3.63, 3.8) is 0 Å². The third-order valence-corrected chi connectivity index (χ3v) is 9.66. The Morgan fingerprint density at radius 1 is 0.556 bits per heavy atom. The van der Waals surface area contributed by atoms with Gasteiger partial charge in [0.25, 0.3) is 0 Å². The summed E-state index contributed by atoms with van der Waals surface area (Å²) >= 11 is 0. The lowest BCUT2D eigenvalue weighted by Gasteiger charge is -2.20. The van der Waals surface area contributed by atoms with E-state index in [1.54, 1.807) is 0 Å². The van der Waals surface area contributed by atoms with E-state index in [1.165, 1.54) is 76.8 Å². The molecule has 2 aliphatic rings. The van der Waals surface area contributed by atoms with E-state index in [-0.39, 0.29) is 12.1 Å². The number of hydrogen-bond acceptors (Lipinski definition) is 2. The van der Waals surface area contributed by atoms with E-state index in [4.69, 9.17) is 9.73 Å². The van der Waals surface area contributed by atoms with Crippen LogP contribution in [0.25, 0.3) is 60.1 Å². The van der Waals surface area contributed by atoms with Crippen LogP contribution in [0.1, 0.15) is 22.3 Å². The summed E-state index contributed by atoms with van der Waals surface area (Å²) in [7, 11) is 0. The van der Waals surface area contributed by atoms with Crippen LogP contribution in [0, 0.1) is 13.8 Å². The Hall–Kier alpha value is -5.47. The average molecular weight is 578 g/mol. The monoisotopic (exact) mass is 577 g/mol. The van der Waals surface area contributed by atoms with Gasteiger partial charge in [-0.25, -0.2) is 4.99 Å². The van der Waals surface area contributed by atoms with Crippen LogP contribution in [-0.4, -0.2) is 18.0 Å². The Morgan fingerprint density at radius 3 is 1.93 bits per heavy atom. The zero-order chi connectivity index (χ0) is 30.1. The van der Waals surface area contributed by atoms with Gasteiger partial charge in [0.2, 0.25) is 5.90 Å². The van der Waals surface area contributed by atoms with E-state index in [9.17, 15) is 0 Å². The third kappa shape index (κ3) is 4.06. The number of benzene rings is 7. The summed E-state index contributed by atoms with van der Waals surface area (Å²) in [6.45, 7) is 4.39. The molecular formula is C43H31NO. The highest BCUT2D eigenvalue weighted by atomic mass is 16.5. The Balaban J connectivity index is 1.31. The Labute approximate surface area is 263 Å². The molecule has 0 spiro atoms. The molecule has 0 saturated heterocycles. The lowest BCUT2D eigenvalue weighted by molar-refractivity contribution is 0.255. The van der Waals surface area contributed by atoms with Crippen molar-refractivity contribution < 1.29 is 4.74 Å². The molecule has 0 amide bonds. The van der Waals surface area contributed by atoms with Crippen molar-refractivity contribution in [2.75, 3.05) is 0 Å². The van der Waals surface area contributed by atoms with Gasteiger partial charge in [-0.3, -0.25) is 0 Å². The predicted molar refractivity (Wildman–Crippen MR) is 189 cm³/mol. The molecule has 45 heavy (non-hydrogen) atoms. The molecule has 1 aliphatic heterocycles. The number of allylic oxidation sites excluding steroid dienone is 2. The number of ether oxygens (including phenoxy) is 1. The van der Waals surface area contributed by atoms with Crippen LogP contribution in [0.2, 0.25) is 0 Å². The molecular weight excluding hydrogens is 546 g/mol.